The summed E-state index contributed by atoms with van der Waals surface area (Å²) in [5, 5.41) is 14.9. The minimum atomic E-state index is 0.471. The van der Waals surface area contributed by atoms with E-state index in [4.69, 9.17) is 0 Å². The molecule has 23 heavy (non-hydrogen) atoms. The number of aryl methyl sites for hydroxylation is 1. The second-order valence-electron chi connectivity index (χ2n) is 6.17. The fourth-order valence-electron chi connectivity index (χ4n) is 3.00. The molecule has 0 unspecified atom stereocenters. The molecule has 5 heteroatoms. The van der Waals surface area contributed by atoms with Crippen LogP contribution in [0.5, 0.6) is 0 Å². The van der Waals surface area contributed by atoms with Crippen LogP contribution in [0.4, 0.5) is 17.5 Å². The van der Waals surface area contributed by atoms with Gasteiger partial charge >= 0.3 is 0 Å². The first kappa shape index (κ1) is 15.7. The van der Waals surface area contributed by atoms with Gasteiger partial charge in [0.15, 0.2) is 5.82 Å². The van der Waals surface area contributed by atoms with Gasteiger partial charge in [-0.15, -0.1) is 5.10 Å². The van der Waals surface area contributed by atoms with E-state index in [1.807, 2.05) is 0 Å². The van der Waals surface area contributed by atoms with Crippen LogP contribution >= 0.6 is 0 Å². The quantitative estimate of drug-likeness (QED) is 0.806. The van der Waals surface area contributed by atoms with Crippen LogP contribution in [0.1, 0.15) is 51.0 Å². The maximum Gasteiger partial charge on any atom is 0.244 e. The topological polar surface area (TPSA) is 62.7 Å². The van der Waals surface area contributed by atoms with Gasteiger partial charge in [-0.3, -0.25) is 0 Å². The Hall–Kier alpha value is -2.17. The smallest absolute Gasteiger partial charge is 0.244 e. The third kappa shape index (κ3) is 4.65. The Bertz CT molecular complexity index is 603. The summed E-state index contributed by atoms with van der Waals surface area (Å²) in [6, 6.07) is 8.86. The Labute approximate surface area is 137 Å². The van der Waals surface area contributed by atoms with Gasteiger partial charge in [-0.05, 0) is 37.0 Å². The Morgan fingerprint density at radius 3 is 2.48 bits per heavy atom. The number of hydrogen-bond acceptors (Lipinski definition) is 5. The van der Waals surface area contributed by atoms with E-state index >= 15 is 0 Å². The zero-order valence-corrected chi connectivity index (χ0v) is 13.8. The lowest BCUT2D eigenvalue weighted by Gasteiger charge is -2.16. The van der Waals surface area contributed by atoms with Gasteiger partial charge in [0.25, 0.3) is 0 Å². The lowest BCUT2D eigenvalue weighted by Crippen LogP contribution is -2.20. The third-order valence-corrected chi connectivity index (χ3v) is 4.38. The predicted molar refractivity (Wildman–Crippen MR) is 94.0 cm³/mol. The molecule has 3 rings (SSSR count). The molecule has 1 saturated carbocycles. The van der Waals surface area contributed by atoms with Crippen molar-refractivity contribution in [2.45, 2.75) is 57.9 Å². The second-order valence-corrected chi connectivity index (χ2v) is 6.17. The van der Waals surface area contributed by atoms with Gasteiger partial charge in [0.05, 0.1) is 6.20 Å². The normalized spacial score (nSPS) is 15.9. The van der Waals surface area contributed by atoms with Crippen LogP contribution < -0.4 is 10.6 Å². The Balaban J connectivity index is 1.64. The summed E-state index contributed by atoms with van der Waals surface area (Å²) in [7, 11) is 0. The number of aromatic nitrogens is 3. The minimum absolute atomic E-state index is 0.471. The first-order valence-electron chi connectivity index (χ1n) is 8.65. The molecular weight excluding hydrogens is 286 g/mol. The van der Waals surface area contributed by atoms with Crippen molar-refractivity contribution < 1.29 is 0 Å². The van der Waals surface area contributed by atoms with Gasteiger partial charge in [0.2, 0.25) is 5.95 Å². The van der Waals surface area contributed by atoms with E-state index in [0.29, 0.717) is 12.0 Å². The highest BCUT2D eigenvalue weighted by atomic mass is 15.3. The summed E-state index contributed by atoms with van der Waals surface area (Å²) >= 11 is 0. The molecule has 1 aliphatic rings. The fraction of sp³-hybridized carbons (Fsp3) is 0.500. The number of hydrogen-bond donors (Lipinski definition) is 2. The average molecular weight is 311 g/mol. The van der Waals surface area contributed by atoms with E-state index in [0.717, 1.165) is 17.9 Å². The monoisotopic (exact) mass is 311 g/mol. The molecule has 0 atom stereocenters. The highest BCUT2D eigenvalue weighted by Crippen LogP contribution is 2.20. The molecule has 122 valence electrons. The maximum atomic E-state index is 4.54. The number of anilines is 3. The average Bonchev–Trinajstić information content (AvgIpc) is 2.85. The van der Waals surface area contributed by atoms with E-state index in [1.165, 1.54) is 44.1 Å². The molecular formula is C18H25N5. The van der Waals surface area contributed by atoms with Crippen molar-refractivity contribution in [2.24, 2.45) is 0 Å². The number of benzene rings is 1. The molecule has 1 heterocycles. The molecule has 2 N–H and O–H groups in total. The molecule has 0 bridgehead atoms. The van der Waals surface area contributed by atoms with Crippen LogP contribution in [0.25, 0.3) is 0 Å². The van der Waals surface area contributed by atoms with Crippen LogP contribution in [0.3, 0.4) is 0 Å². The van der Waals surface area contributed by atoms with Crippen LogP contribution in [0.15, 0.2) is 30.5 Å². The van der Waals surface area contributed by atoms with Gasteiger partial charge in [0.1, 0.15) is 0 Å². The summed E-state index contributed by atoms with van der Waals surface area (Å²) < 4.78 is 0. The van der Waals surface area contributed by atoms with E-state index < -0.39 is 0 Å². The Kier molecular flexibility index (Phi) is 5.40. The maximum absolute atomic E-state index is 4.54. The zero-order chi connectivity index (χ0) is 15.9. The van der Waals surface area contributed by atoms with Crippen LogP contribution in [-0.2, 0) is 6.42 Å². The highest BCUT2D eigenvalue weighted by Gasteiger charge is 2.13. The lowest BCUT2D eigenvalue weighted by molar-refractivity contribution is 0.613. The summed E-state index contributed by atoms with van der Waals surface area (Å²) in [4.78, 5) is 4.54. The predicted octanol–water partition coefficient (Wildman–Crippen LogP) is 4.31. The Morgan fingerprint density at radius 1 is 1.04 bits per heavy atom. The van der Waals surface area contributed by atoms with E-state index in [9.17, 15) is 0 Å². The zero-order valence-electron chi connectivity index (χ0n) is 13.8. The van der Waals surface area contributed by atoms with Crippen molar-refractivity contribution in [3.8, 4) is 0 Å². The first-order valence-corrected chi connectivity index (χ1v) is 8.65. The molecule has 2 aromatic rings. The number of nitrogens with zero attached hydrogens (tertiary/aromatic N) is 3. The summed E-state index contributed by atoms with van der Waals surface area (Å²) in [5.41, 5.74) is 2.34. The molecule has 0 saturated heterocycles. The number of nitrogens with one attached hydrogen (secondary N) is 2. The van der Waals surface area contributed by atoms with E-state index in [-0.39, 0.29) is 0 Å². The van der Waals surface area contributed by atoms with Crippen molar-refractivity contribution in [3.63, 3.8) is 0 Å². The molecule has 0 aliphatic heterocycles. The molecule has 1 aromatic heterocycles. The lowest BCUT2D eigenvalue weighted by atomic mass is 10.1. The first-order chi connectivity index (χ1) is 11.3. The fourth-order valence-corrected chi connectivity index (χ4v) is 3.00. The molecule has 1 aliphatic carbocycles. The summed E-state index contributed by atoms with van der Waals surface area (Å²) in [5.74, 6) is 1.34. The van der Waals surface area contributed by atoms with E-state index in [1.54, 1.807) is 6.20 Å². The standard InChI is InChI=1S/C18H25N5/c1-2-14-9-11-16(12-10-14)20-17-13-19-23-18(22-17)21-15-7-5-3-4-6-8-15/h9-13,15H,2-8H2,1H3,(H2,20,21,22,23). The largest absolute Gasteiger partial charge is 0.350 e. The van der Waals surface area contributed by atoms with E-state index in [2.05, 4.69) is 57.0 Å². The van der Waals surface area contributed by atoms with Gasteiger partial charge < -0.3 is 10.6 Å². The van der Waals surface area contributed by atoms with Gasteiger partial charge in [-0.2, -0.15) is 10.1 Å². The molecule has 0 amide bonds. The minimum Gasteiger partial charge on any atom is -0.350 e. The molecule has 5 nitrogen and oxygen atoms in total. The molecule has 0 radical (unpaired) electrons. The molecule has 1 fully saturated rings. The van der Waals surface area contributed by atoms with Crippen molar-refractivity contribution in [2.75, 3.05) is 10.6 Å². The molecule has 0 spiro atoms. The third-order valence-electron chi connectivity index (χ3n) is 4.38. The van der Waals surface area contributed by atoms with Crippen molar-refractivity contribution in [3.05, 3.63) is 36.0 Å². The Morgan fingerprint density at radius 2 is 1.78 bits per heavy atom. The van der Waals surface area contributed by atoms with Gasteiger partial charge in [0, 0.05) is 11.7 Å². The van der Waals surface area contributed by atoms with Crippen LogP contribution in [-0.4, -0.2) is 21.2 Å². The SMILES string of the molecule is CCc1ccc(Nc2cnnc(NC3CCCCCC3)n2)cc1. The van der Waals surface area contributed by atoms with Crippen molar-refractivity contribution >= 4 is 17.5 Å². The van der Waals surface area contributed by atoms with Crippen LogP contribution in [0, 0.1) is 0 Å². The number of rotatable bonds is 5. The summed E-state index contributed by atoms with van der Waals surface area (Å²) in [6.07, 6.45) is 10.3. The van der Waals surface area contributed by atoms with Gasteiger partial charge in [-0.1, -0.05) is 44.7 Å². The second kappa shape index (κ2) is 7.90. The van der Waals surface area contributed by atoms with Crippen molar-refractivity contribution in [1.29, 1.82) is 0 Å². The van der Waals surface area contributed by atoms with Crippen molar-refractivity contribution in [1.82, 2.24) is 15.2 Å². The van der Waals surface area contributed by atoms with Gasteiger partial charge in [-0.25, -0.2) is 0 Å². The highest BCUT2D eigenvalue weighted by molar-refractivity contribution is 5.56. The molecule has 1 aromatic carbocycles. The van der Waals surface area contributed by atoms with Crippen LogP contribution in [0.2, 0.25) is 0 Å². The summed E-state index contributed by atoms with van der Waals surface area (Å²) in [6.45, 7) is 2.15.